The maximum atomic E-state index is 3.68. The molecule has 3 aromatic rings. The van der Waals surface area contributed by atoms with Crippen molar-refractivity contribution in [2.45, 2.75) is 6.42 Å². The summed E-state index contributed by atoms with van der Waals surface area (Å²) in [6.45, 7) is 3.68. The zero-order chi connectivity index (χ0) is 12.4. The molecule has 0 bridgehead atoms. The highest BCUT2D eigenvalue weighted by molar-refractivity contribution is 6.07. The number of hydrogen-bond acceptors (Lipinski definition) is 0. The third kappa shape index (κ3) is 1.84. The van der Waals surface area contributed by atoms with Crippen LogP contribution in [0.5, 0.6) is 0 Å². The molecule has 0 aliphatic heterocycles. The predicted octanol–water partition coefficient (Wildman–Crippen LogP) is 4.61. The first kappa shape index (κ1) is 10.8. The number of aromatic nitrogens is 1. The van der Waals surface area contributed by atoms with Crippen molar-refractivity contribution in [1.29, 1.82) is 0 Å². The van der Waals surface area contributed by atoms with Gasteiger partial charge in [0.05, 0.1) is 0 Å². The molecule has 1 heterocycles. The van der Waals surface area contributed by atoms with Crippen LogP contribution in [0.2, 0.25) is 0 Å². The van der Waals surface area contributed by atoms with E-state index >= 15 is 0 Å². The van der Waals surface area contributed by atoms with Gasteiger partial charge in [-0.15, -0.1) is 0 Å². The molecule has 1 aromatic heterocycles. The Hall–Kier alpha value is -2.28. The van der Waals surface area contributed by atoms with Gasteiger partial charge in [0.2, 0.25) is 0 Å². The van der Waals surface area contributed by atoms with E-state index in [0.717, 1.165) is 6.42 Å². The maximum Gasteiger partial charge on any atom is 0.0465 e. The van der Waals surface area contributed by atoms with Crippen molar-refractivity contribution in [2.75, 3.05) is 0 Å². The average Bonchev–Trinajstić information content (AvgIpc) is 2.77. The van der Waals surface area contributed by atoms with Crippen molar-refractivity contribution >= 4 is 21.8 Å². The van der Waals surface area contributed by atoms with E-state index in [1.165, 1.54) is 27.4 Å². The van der Waals surface area contributed by atoms with Crippen molar-refractivity contribution in [1.82, 2.24) is 4.98 Å². The third-order valence-corrected chi connectivity index (χ3v) is 3.20. The first-order valence-electron chi connectivity index (χ1n) is 6.15. The van der Waals surface area contributed by atoms with Crippen LogP contribution in [0.3, 0.4) is 0 Å². The Morgan fingerprint density at radius 3 is 2.72 bits per heavy atom. The van der Waals surface area contributed by atoms with Gasteiger partial charge in [-0.05, 0) is 30.2 Å². The molecular weight excluding hydrogens is 218 g/mol. The second-order valence-corrected chi connectivity index (χ2v) is 4.42. The molecule has 0 amide bonds. The fourth-order valence-corrected chi connectivity index (χ4v) is 2.32. The molecule has 3 rings (SSSR count). The summed E-state index contributed by atoms with van der Waals surface area (Å²) in [5.41, 5.74) is 3.73. The van der Waals surface area contributed by atoms with E-state index in [2.05, 4.69) is 60.1 Å². The number of allylic oxidation sites excluding steroid dienone is 3. The molecule has 0 saturated heterocycles. The largest absolute Gasteiger partial charge is 0.355 e. The van der Waals surface area contributed by atoms with E-state index in [9.17, 15) is 0 Å². The summed E-state index contributed by atoms with van der Waals surface area (Å²) >= 11 is 0. The third-order valence-electron chi connectivity index (χ3n) is 3.20. The van der Waals surface area contributed by atoms with E-state index in [1.54, 1.807) is 0 Å². The van der Waals surface area contributed by atoms with Crippen LogP contribution in [0, 0.1) is 0 Å². The molecule has 2 aromatic carbocycles. The van der Waals surface area contributed by atoms with Crippen LogP contribution >= 0.6 is 0 Å². The topological polar surface area (TPSA) is 15.8 Å². The number of aromatic amines is 1. The first-order valence-corrected chi connectivity index (χ1v) is 6.15. The van der Waals surface area contributed by atoms with Crippen molar-refractivity contribution in [3.63, 3.8) is 0 Å². The highest BCUT2D eigenvalue weighted by atomic mass is 14.7. The molecule has 0 spiro atoms. The summed E-state index contributed by atoms with van der Waals surface area (Å²) in [5.74, 6) is 0. The van der Waals surface area contributed by atoms with E-state index < -0.39 is 0 Å². The lowest BCUT2D eigenvalue weighted by Crippen LogP contribution is -1.80. The van der Waals surface area contributed by atoms with E-state index in [0.29, 0.717) is 0 Å². The van der Waals surface area contributed by atoms with Crippen molar-refractivity contribution in [2.24, 2.45) is 0 Å². The number of rotatable bonds is 3. The molecule has 88 valence electrons. The number of benzene rings is 2. The van der Waals surface area contributed by atoms with Gasteiger partial charge < -0.3 is 4.98 Å². The van der Waals surface area contributed by atoms with Crippen molar-refractivity contribution in [3.05, 3.63) is 72.8 Å². The van der Waals surface area contributed by atoms with Crippen LogP contribution in [0.25, 0.3) is 21.8 Å². The lowest BCUT2D eigenvalue weighted by Gasteiger charge is -1.97. The number of H-pyrrole nitrogens is 1. The number of fused-ring (bicyclic) bond motifs is 3. The molecule has 1 heteroatoms. The standard InChI is InChI=1S/C17H15N/c1-2-3-4-7-13-10-11-17-15(12-13)14-8-5-6-9-16(14)18-17/h2-6,8-12,18H,1,7H2/b4-3-. The summed E-state index contributed by atoms with van der Waals surface area (Å²) in [7, 11) is 0. The Balaban J connectivity index is 2.12. The van der Waals surface area contributed by atoms with E-state index in [1.807, 2.05) is 12.2 Å². The Bertz CT molecular complexity index is 732. The smallest absolute Gasteiger partial charge is 0.0465 e. The SMILES string of the molecule is C=C/C=C\Cc1ccc2[nH]c3ccccc3c2c1. The molecular formula is C17H15N. The van der Waals surface area contributed by atoms with Gasteiger partial charge in [-0.25, -0.2) is 0 Å². The second-order valence-electron chi connectivity index (χ2n) is 4.42. The predicted molar refractivity (Wildman–Crippen MR) is 78.8 cm³/mol. The summed E-state index contributed by atoms with van der Waals surface area (Å²) in [5, 5.41) is 2.59. The maximum absolute atomic E-state index is 3.68. The number of hydrogen-bond donors (Lipinski definition) is 1. The monoisotopic (exact) mass is 233 g/mol. The van der Waals surface area contributed by atoms with Crippen LogP contribution in [0.15, 0.2) is 67.3 Å². The Labute approximate surface area is 106 Å². The van der Waals surface area contributed by atoms with E-state index in [4.69, 9.17) is 0 Å². The lowest BCUT2D eigenvalue weighted by atomic mass is 10.1. The van der Waals surface area contributed by atoms with Crippen LogP contribution in [-0.2, 0) is 6.42 Å². The Morgan fingerprint density at radius 1 is 1.00 bits per heavy atom. The molecule has 1 nitrogen and oxygen atoms in total. The fraction of sp³-hybridized carbons (Fsp3) is 0.0588. The van der Waals surface area contributed by atoms with E-state index in [-0.39, 0.29) is 0 Å². The summed E-state index contributed by atoms with van der Waals surface area (Å²) < 4.78 is 0. The molecule has 0 atom stereocenters. The quantitative estimate of drug-likeness (QED) is 0.636. The minimum absolute atomic E-state index is 0.946. The highest BCUT2D eigenvalue weighted by Crippen LogP contribution is 2.26. The zero-order valence-electron chi connectivity index (χ0n) is 10.2. The molecule has 0 aliphatic rings. The molecule has 0 fully saturated rings. The lowest BCUT2D eigenvalue weighted by molar-refractivity contribution is 1.28. The fourth-order valence-electron chi connectivity index (χ4n) is 2.32. The summed E-state index contributed by atoms with van der Waals surface area (Å²) in [6, 6.07) is 15.0. The average molecular weight is 233 g/mol. The molecule has 18 heavy (non-hydrogen) atoms. The highest BCUT2D eigenvalue weighted by Gasteiger charge is 2.03. The normalized spacial score (nSPS) is 11.6. The van der Waals surface area contributed by atoms with Gasteiger partial charge in [0, 0.05) is 21.8 Å². The molecule has 1 N–H and O–H groups in total. The van der Waals surface area contributed by atoms with Crippen molar-refractivity contribution < 1.29 is 0 Å². The van der Waals surface area contributed by atoms with Crippen LogP contribution < -0.4 is 0 Å². The van der Waals surface area contributed by atoms with Gasteiger partial charge >= 0.3 is 0 Å². The number of nitrogens with one attached hydrogen (secondary N) is 1. The minimum atomic E-state index is 0.946. The van der Waals surface area contributed by atoms with Crippen LogP contribution in [0.1, 0.15) is 5.56 Å². The van der Waals surface area contributed by atoms with Crippen LogP contribution in [0.4, 0.5) is 0 Å². The van der Waals surface area contributed by atoms with Gasteiger partial charge in [-0.2, -0.15) is 0 Å². The number of para-hydroxylation sites is 1. The molecule has 0 unspecified atom stereocenters. The van der Waals surface area contributed by atoms with Gasteiger partial charge in [0.15, 0.2) is 0 Å². The Kier molecular flexibility index (Phi) is 2.73. The Morgan fingerprint density at radius 2 is 1.83 bits per heavy atom. The van der Waals surface area contributed by atoms with Gasteiger partial charge in [0.1, 0.15) is 0 Å². The van der Waals surface area contributed by atoms with Gasteiger partial charge in [0.25, 0.3) is 0 Å². The van der Waals surface area contributed by atoms with Gasteiger partial charge in [-0.1, -0.05) is 49.1 Å². The summed E-state index contributed by atoms with van der Waals surface area (Å²) in [4.78, 5) is 3.44. The zero-order valence-corrected chi connectivity index (χ0v) is 10.2. The molecule has 0 aliphatic carbocycles. The van der Waals surface area contributed by atoms with Crippen LogP contribution in [-0.4, -0.2) is 4.98 Å². The first-order chi connectivity index (χ1) is 8.88. The molecule has 0 saturated carbocycles. The second kappa shape index (κ2) is 4.53. The summed E-state index contributed by atoms with van der Waals surface area (Å²) in [6.07, 6.45) is 6.87. The minimum Gasteiger partial charge on any atom is -0.355 e. The molecule has 0 radical (unpaired) electrons. The van der Waals surface area contributed by atoms with Crippen molar-refractivity contribution in [3.8, 4) is 0 Å². The van der Waals surface area contributed by atoms with Gasteiger partial charge in [-0.3, -0.25) is 0 Å².